The van der Waals surface area contributed by atoms with Crippen molar-refractivity contribution in [2.24, 2.45) is 0 Å². The molecular formula is C13H11BrN4. The highest BCUT2D eigenvalue weighted by Crippen LogP contribution is 2.20. The van der Waals surface area contributed by atoms with E-state index in [2.05, 4.69) is 26.2 Å². The molecule has 5 heteroatoms. The lowest BCUT2D eigenvalue weighted by Gasteiger charge is -2.09. The summed E-state index contributed by atoms with van der Waals surface area (Å²) in [7, 11) is 0. The van der Waals surface area contributed by atoms with Crippen LogP contribution < -0.4 is 11.1 Å². The first-order valence-electron chi connectivity index (χ1n) is 5.33. The number of hydrogen-bond acceptors (Lipinski definition) is 4. The van der Waals surface area contributed by atoms with Crippen LogP contribution in [0.25, 0.3) is 0 Å². The van der Waals surface area contributed by atoms with Crippen LogP contribution in [0.3, 0.4) is 0 Å². The molecule has 90 valence electrons. The van der Waals surface area contributed by atoms with E-state index in [1.165, 1.54) is 0 Å². The molecule has 0 atom stereocenters. The molecule has 2 rings (SSSR count). The van der Waals surface area contributed by atoms with Crippen LogP contribution in [0.2, 0.25) is 0 Å². The Kier molecular flexibility index (Phi) is 3.80. The van der Waals surface area contributed by atoms with E-state index in [0.29, 0.717) is 23.6 Å². The first-order valence-corrected chi connectivity index (χ1v) is 6.13. The molecule has 0 saturated carbocycles. The van der Waals surface area contributed by atoms with E-state index in [9.17, 15) is 0 Å². The van der Waals surface area contributed by atoms with E-state index in [-0.39, 0.29) is 0 Å². The van der Waals surface area contributed by atoms with Crippen LogP contribution in [0.1, 0.15) is 11.1 Å². The van der Waals surface area contributed by atoms with Gasteiger partial charge in [-0.25, -0.2) is 4.98 Å². The number of aromatic nitrogens is 1. The quantitative estimate of drug-likeness (QED) is 0.914. The molecule has 18 heavy (non-hydrogen) atoms. The molecule has 0 bridgehead atoms. The molecule has 3 N–H and O–H groups in total. The number of nitrogens with one attached hydrogen (secondary N) is 1. The van der Waals surface area contributed by atoms with Crippen molar-refractivity contribution in [3.63, 3.8) is 0 Å². The molecule has 4 nitrogen and oxygen atoms in total. The highest BCUT2D eigenvalue weighted by atomic mass is 79.9. The molecule has 0 amide bonds. The fraction of sp³-hybridized carbons (Fsp3) is 0.0769. The Labute approximate surface area is 114 Å². The number of hydrogen-bond donors (Lipinski definition) is 2. The molecule has 0 spiro atoms. The first kappa shape index (κ1) is 12.4. The SMILES string of the molecule is N#Cc1ccnc(NCc2ccc(Br)cc2)c1N. The second kappa shape index (κ2) is 5.52. The zero-order valence-electron chi connectivity index (χ0n) is 9.52. The van der Waals surface area contributed by atoms with Crippen LogP contribution in [0.4, 0.5) is 11.5 Å². The summed E-state index contributed by atoms with van der Waals surface area (Å²) in [6.45, 7) is 0.610. The summed E-state index contributed by atoms with van der Waals surface area (Å²) >= 11 is 3.38. The summed E-state index contributed by atoms with van der Waals surface area (Å²) in [6, 6.07) is 11.6. The second-order valence-corrected chi connectivity index (χ2v) is 4.63. The molecule has 0 saturated heterocycles. The zero-order chi connectivity index (χ0) is 13.0. The average Bonchev–Trinajstić information content (AvgIpc) is 2.39. The van der Waals surface area contributed by atoms with E-state index in [1.807, 2.05) is 30.3 Å². The van der Waals surface area contributed by atoms with E-state index in [1.54, 1.807) is 12.3 Å². The maximum Gasteiger partial charge on any atom is 0.150 e. The molecule has 0 aliphatic carbocycles. The minimum absolute atomic E-state index is 0.386. The number of benzene rings is 1. The number of pyridine rings is 1. The predicted octanol–water partition coefficient (Wildman–Crippen LogP) is 2.91. The monoisotopic (exact) mass is 302 g/mol. The van der Waals surface area contributed by atoms with Gasteiger partial charge in [0.25, 0.3) is 0 Å². The van der Waals surface area contributed by atoms with Crippen molar-refractivity contribution in [2.75, 3.05) is 11.1 Å². The van der Waals surface area contributed by atoms with E-state index < -0.39 is 0 Å². The number of halogens is 1. The van der Waals surface area contributed by atoms with Gasteiger partial charge < -0.3 is 11.1 Å². The Balaban J connectivity index is 2.11. The molecule has 0 radical (unpaired) electrons. The van der Waals surface area contributed by atoms with Crippen molar-refractivity contribution in [3.8, 4) is 6.07 Å². The fourth-order valence-corrected chi connectivity index (χ4v) is 1.76. The van der Waals surface area contributed by atoms with Gasteiger partial charge in [-0.2, -0.15) is 5.26 Å². The van der Waals surface area contributed by atoms with Gasteiger partial charge in [0, 0.05) is 17.2 Å². The van der Waals surface area contributed by atoms with Crippen LogP contribution in [0.5, 0.6) is 0 Å². The molecule has 1 aromatic heterocycles. The molecule has 1 heterocycles. The Bertz CT molecular complexity index is 587. The Morgan fingerprint density at radius 2 is 2.00 bits per heavy atom. The van der Waals surface area contributed by atoms with Gasteiger partial charge in [0.2, 0.25) is 0 Å². The normalized spacial score (nSPS) is 9.78. The maximum atomic E-state index is 8.87. The first-order chi connectivity index (χ1) is 8.70. The molecule has 0 aliphatic heterocycles. The van der Waals surface area contributed by atoms with Gasteiger partial charge in [-0.1, -0.05) is 28.1 Å². The Hall–Kier alpha value is -2.06. The lowest BCUT2D eigenvalue weighted by molar-refractivity contribution is 1.11. The van der Waals surface area contributed by atoms with Crippen LogP contribution in [0, 0.1) is 11.3 Å². The van der Waals surface area contributed by atoms with Gasteiger partial charge >= 0.3 is 0 Å². The summed E-state index contributed by atoms with van der Waals surface area (Å²) in [5.41, 5.74) is 7.76. The van der Waals surface area contributed by atoms with Crippen LogP contribution in [-0.2, 0) is 6.54 Å². The standard InChI is InChI=1S/C13H11BrN4/c14-11-3-1-9(2-4-11)8-18-13-12(16)10(7-15)5-6-17-13/h1-6H,8,16H2,(H,17,18). The summed E-state index contributed by atoms with van der Waals surface area (Å²) in [6.07, 6.45) is 1.57. The molecule has 0 unspecified atom stereocenters. The lowest BCUT2D eigenvalue weighted by atomic mass is 10.2. The summed E-state index contributed by atoms with van der Waals surface area (Å²) in [5.74, 6) is 0.539. The van der Waals surface area contributed by atoms with Gasteiger partial charge in [0.15, 0.2) is 5.82 Å². The molecule has 1 aromatic carbocycles. The van der Waals surface area contributed by atoms with Crippen LogP contribution in [-0.4, -0.2) is 4.98 Å². The second-order valence-electron chi connectivity index (χ2n) is 3.71. The zero-order valence-corrected chi connectivity index (χ0v) is 11.1. The van der Waals surface area contributed by atoms with E-state index >= 15 is 0 Å². The highest BCUT2D eigenvalue weighted by molar-refractivity contribution is 9.10. The van der Waals surface area contributed by atoms with Crippen LogP contribution in [0.15, 0.2) is 41.0 Å². The van der Waals surface area contributed by atoms with Crippen molar-refractivity contribution >= 4 is 27.4 Å². The molecule has 2 aromatic rings. The third-order valence-electron chi connectivity index (χ3n) is 2.48. The van der Waals surface area contributed by atoms with E-state index in [0.717, 1.165) is 10.0 Å². The molecular weight excluding hydrogens is 292 g/mol. The number of nitrogens with two attached hydrogens (primary N) is 1. The third kappa shape index (κ3) is 2.79. The largest absolute Gasteiger partial charge is 0.395 e. The number of nitrogens with zero attached hydrogens (tertiary/aromatic N) is 2. The van der Waals surface area contributed by atoms with E-state index in [4.69, 9.17) is 11.0 Å². The van der Waals surface area contributed by atoms with Crippen molar-refractivity contribution in [3.05, 3.63) is 52.1 Å². The number of nitriles is 1. The topological polar surface area (TPSA) is 74.7 Å². The third-order valence-corrected chi connectivity index (χ3v) is 3.01. The number of nitrogen functional groups attached to an aromatic ring is 1. The highest BCUT2D eigenvalue weighted by Gasteiger charge is 2.05. The van der Waals surface area contributed by atoms with Gasteiger partial charge in [-0.15, -0.1) is 0 Å². The maximum absolute atomic E-state index is 8.87. The predicted molar refractivity (Wildman–Crippen MR) is 74.8 cm³/mol. The Morgan fingerprint density at radius 3 is 2.67 bits per heavy atom. The summed E-state index contributed by atoms with van der Waals surface area (Å²) in [5, 5.41) is 12.0. The number of anilines is 2. The van der Waals surface area contributed by atoms with Gasteiger partial charge in [-0.3, -0.25) is 0 Å². The van der Waals surface area contributed by atoms with Crippen molar-refractivity contribution in [1.29, 1.82) is 5.26 Å². The smallest absolute Gasteiger partial charge is 0.150 e. The number of rotatable bonds is 3. The van der Waals surface area contributed by atoms with Crippen molar-refractivity contribution in [1.82, 2.24) is 4.98 Å². The minimum Gasteiger partial charge on any atom is -0.395 e. The van der Waals surface area contributed by atoms with Gasteiger partial charge in [0.05, 0.1) is 11.3 Å². The lowest BCUT2D eigenvalue weighted by Crippen LogP contribution is -2.05. The summed E-state index contributed by atoms with van der Waals surface area (Å²) in [4.78, 5) is 4.12. The Morgan fingerprint density at radius 1 is 1.28 bits per heavy atom. The average molecular weight is 303 g/mol. The van der Waals surface area contributed by atoms with Gasteiger partial charge in [0.1, 0.15) is 6.07 Å². The molecule has 0 aliphatic rings. The summed E-state index contributed by atoms with van der Waals surface area (Å²) < 4.78 is 1.04. The van der Waals surface area contributed by atoms with Crippen LogP contribution >= 0.6 is 15.9 Å². The van der Waals surface area contributed by atoms with Crippen molar-refractivity contribution < 1.29 is 0 Å². The minimum atomic E-state index is 0.386. The fourth-order valence-electron chi connectivity index (χ4n) is 1.50. The van der Waals surface area contributed by atoms with Gasteiger partial charge in [-0.05, 0) is 23.8 Å². The van der Waals surface area contributed by atoms with Crippen molar-refractivity contribution in [2.45, 2.75) is 6.54 Å². The molecule has 0 fully saturated rings.